The minimum Gasteiger partial charge on any atom is -0.444 e. The molecule has 2 aliphatic heterocycles. The Morgan fingerprint density at radius 1 is 1.30 bits per heavy atom. The van der Waals surface area contributed by atoms with E-state index in [1.807, 2.05) is 32.9 Å². The summed E-state index contributed by atoms with van der Waals surface area (Å²) in [7, 11) is 0. The third-order valence-corrected chi connectivity index (χ3v) is 5.74. The predicted octanol–water partition coefficient (Wildman–Crippen LogP) is 4.38. The first kappa shape index (κ1) is 20.1. The zero-order valence-electron chi connectivity index (χ0n) is 16.8. The number of nitrogens with zero attached hydrogens (tertiary/aromatic N) is 1. The molecule has 2 bridgehead atoms. The second kappa shape index (κ2) is 8.59. The van der Waals surface area contributed by atoms with Crippen LogP contribution in [0.3, 0.4) is 0 Å². The van der Waals surface area contributed by atoms with Gasteiger partial charge in [-0.15, -0.1) is 0 Å². The third-order valence-electron chi connectivity index (χ3n) is 5.74. The van der Waals surface area contributed by atoms with Crippen LogP contribution >= 0.6 is 0 Å². The Kier molecular flexibility index (Phi) is 6.40. The number of nitrogens with one attached hydrogen (secondary N) is 1. The van der Waals surface area contributed by atoms with Crippen LogP contribution in [0.5, 0.6) is 0 Å². The molecule has 3 atom stereocenters. The first-order valence-electron chi connectivity index (χ1n) is 10.3. The van der Waals surface area contributed by atoms with Gasteiger partial charge >= 0.3 is 6.09 Å². The Hall–Kier alpha value is -1.62. The third kappa shape index (κ3) is 5.68. The lowest BCUT2D eigenvalue weighted by Crippen LogP contribution is -2.54. The molecule has 2 saturated heterocycles. The van der Waals surface area contributed by atoms with Crippen LogP contribution in [0.1, 0.15) is 52.0 Å². The Bertz CT molecular complexity index is 643. The molecular weight excluding hydrogens is 343 g/mol. The molecule has 1 aromatic carbocycles. The molecule has 0 unspecified atom stereocenters. The molecule has 5 heteroatoms. The van der Waals surface area contributed by atoms with E-state index in [0.29, 0.717) is 18.5 Å². The highest BCUT2D eigenvalue weighted by molar-refractivity contribution is 5.67. The fourth-order valence-electron chi connectivity index (χ4n) is 4.67. The number of fused-ring (bicyclic) bond motifs is 3. The van der Waals surface area contributed by atoms with Crippen LogP contribution in [-0.4, -0.2) is 42.3 Å². The monoisotopic (exact) mass is 376 g/mol. The summed E-state index contributed by atoms with van der Waals surface area (Å²) in [5.74, 6) is 1.19. The number of carbonyl (C=O) groups is 1. The molecule has 1 aliphatic carbocycles. The van der Waals surface area contributed by atoms with E-state index in [0.717, 1.165) is 37.4 Å². The molecule has 1 N–H and O–H groups in total. The van der Waals surface area contributed by atoms with E-state index in [-0.39, 0.29) is 11.9 Å². The first-order chi connectivity index (χ1) is 12.8. The number of alkyl carbamates (subject to hydrolysis) is 1. The standard InChI is InChI=1S/C22H33FN2O2/c1-22(2,3)27-21(26)24-11-6-12-25-15-16-9-10-20(25)18(13-16)14-17-7-4-5-8-19(17)23/h4-5,7-8,16,18,20H,6,9-15H2,1-3H3,(H,24,26)/t16-,18+,20+/m1/s1. The Morgan fingerprint density at radius 3 is 2.78 bits per heavy atom. The molecule has 1 aromatic rings. The summed E-state index contributed by atoms with van der Waals surface area (Å²) in [6.45, 7) is 8.35. The highest BCUT2D eigenvalue weighted by Gasteiger charge is 2.40. The molecule has 1 amide bonds. The summed E-state index contributed by atoms with van der Waals surface area (Å²) in [5.41, 5.74) is 0.386. The summed E-state index contributed by atoms with van der Waals surface area (Å²) < 4.78 is 19.3. The van der Waals surface area contributed by atoms with Crippen molar-refractivity contribution in [1.82, 2.24) is 10.2 Å². The minimum absolute atomic E-state index is 0.0768. The number of hydrogen-bond donors (Lipinski definition) is 1. The fraction of sp³-hybridized carbons (Fsp3) is 0.682. The molecule has 1 saturated carbocycles. The highest BCUT2D eigenvalue weighted by atomic mass is 19.1. The van der Waals surface area contributed by atoms with Crippen molar-refractivity contribution in [2.45, 2.75) is 64.5 Å². The molecular formula is C22H33FN2O2. The summed E-state index contributed by atoms with van der Waals surface area (Å²) in [6.07, 6.45) is 5.12. The number of carbonyl (C=O) groups excluding carboxylic acids is 1. The van der Waals surface area contributed by atoms with Crippen LogP contribution in [-0.2, 0) is 11.2 Å². The van der Waals surface area contributed by atoms with Gasteiger partial charge in [0.2, 0.25) is 0 Å². The van der Waals surface area contributed by atoms with E-state index in [4.69, 9.17) is 4.74 Å². The van der Waals surface area contributed by atoms with E-state index in [9.17, 15) is 9.18 Å². The van der Waals surface area contributed by atoms with Gasteiger partial charge in [0.15, 0.2) is 0 Å². The van der Waals surface area contributed by atoms with Crippen molar-refractivity contribution in [3.05, 3.63) is 35.6 Å². The average Bonchev–Trinajstić information content (AvgIpc) is 2.60. The first-order valence-corrected chi connectivity index (χ1v) is 10.3. The summed E-state index contributed by atoms with van der Waals surface area (Å²) in [5, 5.41) is 2.84. The lowest BCUT2D eigenvalue weighted by Gasteiger charge is -2.50. The van der Waals surface area contributed by atoms with Crippen LogP contribution in [0.2, 0.25) is 0 Å². The van der Waals surface area contributed by atoms with Crippen molar-refractivity contribution in [3.8, 4) is 0 Å². The van der Waals surface area contributed by atoms with Crippen molar-refractivity contribution in [3.63, 3.8) is 0 Å². The number of hydrogen-bond acceptors (Lipinski definition) is 3. The quantitative estimate of drug-likeness (QED) is 0.749. The lowest BCUT2D eigenvalue weighted by atomic mass is 9.70. The van der Waals surface area contributed by atoms with Gasteiger partial charge in [-0.3, -0.25) is 4.90 Å². The van der Waals surface area contributed by atoms with E-state index >= 15 is 0 Å². The largest absolute Gasteiger partial charge is 0.444 e. The number of benzene rings is 1. The van der Waals surface area contributed by atoms with Crippen LogP contribution < -0.4 is 5.32 Å². The van der Waals surface area contributed by atoms with E-state index in [1.165, 1.54) is 19.3 Å². The molecule has 27 heavy (non-hydrogen) atoms. The average molecular weight is 377 g/mol. The van der Waals surface area contributed by atoms with Gasteiger partial charge in [-0.05, 0) is 76.3 Å². The van der Waals surface area contributed by atoms with Crippen LogP contribution in [0.15, 0.2) is 24.3 Å². The molecule has 3 fully saturated rings. The van der Waals surface area contributed by atoms with Crippen molar-refractivity contribution >= 4 is 6.09 Å². The van der Waals surface area contributed by atoms with Gasteiger partial charge in [0, 0.05) is 25.7 Å². The summed E-state index contributed by atoms with van der Waals surface area (Å²) in [4.78, 5) is 14.3. The topological polar surface area (TPSA) is 41.6 Å². The Morgan fingerprint density at radius 2 is 2.07 bits per heavy atom. The summed E-state index contributed by atoms with van der Waals surface area (Å²) in [6, 6.07) is 7.72. The smallest absolute Gasteiger partial charge is 0.407 e. The number of halogens is 1. The number of rotatable bonds is 6. The van der Waals surface area contributed by atoms with Gasteiger partial charge in [-0.25, -0.2) is 9.18 Å². The normalized spacial score (nSPS) is 25.4. The van der Waals surface area contributed by atoms with Crippen molar-refractivity contribution in [1.29, 1.82) is 0 Å². The van der Waals surface area contributed by atoms with Crippen LogP contribution in [0.4, 0.5) is 9.18 Å². The number of ether oxygens (including phenoxy) is 1. The maximum Gasteiger partial charge on any atom is 0.407 e. The summed E-state index contributed by atoms with van der Waals surface area (Å²) >= 11 is 0. The second-order valence-electron chi connectivity index (χ2n) is 9.08. The van der Waals surface area contributed by atoms with Gasteiger partial charge in [0.05, 0.1) is 0 Å². The second-order valence-corrected chi connectivity index (χ2v) is 9.08. The van der Waals surface area contributed by atoms with Crippen LogP contribution in [0, 0.1) is 17.7 Å². The Labute approximate surface area is 162 Å². The molecule has 0 aromatic heterocycles. The SMILES string of the molecule is CC(C)(C)OC(=O)NCCCN1C[C@@H]2CC[C@H]1[C@H](Cc1ccccc1F)C2. The van der Waals surface area contributed by atoms with Crippen molar-refractivity contribution < 1.29 is 13.9 Å². The number of amides is 1. The fourth-order valence-corrected chi connectivity index (χ4v) is 4.67. The number of piperidine rings is 2. The minimum atomic E-state index is -0.462. The predicted molar refractivity (Wildman–Crippen MR) is 105 cm³/mol. The zero-order valence-corrected chi connectivity index (χ0v) is 16.8. The molecule has 4 nitrogen and oxygen atoms in total. The van der Waals surface area contributed by atoms with E-state index < -0.39 is 5.60 Å². The highest BCUT2D eigenvalue weighted by Crippen LogP contribution is 2.40. The van der Waals surface area contributed by atoms with E-state index in [1.54, 1.807) is 12.1 Å². The van der Waals surface area contributed by atoms with Crippen LogP contribution in [0.25, 0.3) is 0 Å². The maximum absolute atomic E-state index is 14.1. The Balaban J connectivity index is 1.47. The van der Waals surface area contributed by atoms with Gasteiger partial charge in [-0.1, -0.05) is 18.2 Å². The van der Waals surface area contributed by atoms with E-state index in [2.05, 4.69) is 10.2 Å². The van der Waals surface area contributed by atoms with Gasteiger partial charge in [0.25, 0.3) is 0 Å². The van der Waals surface area contributed by atoms with Gasteiger partial charge in [-0.2, -0.15) is 0 Å². The molecule has 4 rings (SSSR count). The molecule has 2 heterocycles. The molecule has 150 valence electrons. The van der Waals surface area contributed by atoms with Crippen molar-refractivity contribution in [2.75, 3.05) is 19.6 Å². The van der Waals surface area contributed by atoms with Gasteiger partial charge in [0.1, 0.15) is 11.4 Å². The maximum atomic E-state index is 14.1. The lowest BCUT2D eigenvalue weighted by molar-refractivity contribution is 0.000340. The molecule has 0 radical (unpaired) electrons. The zero-order chi connectivity index (χ0) is 19.4. The van der Waals surface area contributed by atoms with Crippen molar-refractivity contribution in [2.24, 2.45) is 11.8 Å². The molecule has 3 aliphatic rings. The molecule has 0 spiro atoms. The van der Waals surface area contributed by atoms with Gasteiger partial charge < -0.3 is 10.1 Å².